The number of carbonyl (C=O) groups excluding carboxylic acids is 1. The normalized spacial score (nSPS) is 18.5. The first kappa shape index (κ1) is 14.0. The largest absolute Gasteiger partial charge is 0.352 e. The summed E-state index contributed by atoms with van der Waals surface area (Å²) in [4.78, 5) is 11.7. The number of nitrogens with one attached hydrogen (secondary N) is 2. The van der Waals surface area contributed by atoms with Gasteiger partial charge in [0.05, 0.1) is 0 Å². The van der Waals surface area contributed by atoms with E-state index in [1.807, 2.05) is 30.3 Å². The highest BCUT2D eigenvalue weighted by Crippen LogP contribution is 2.10. The average Bonchev–Trinajstić information content (AvgIpc) is 2.83. The lowest BCUT2D eigenvalue weighted by Gasteiger charge is -2.09. The first-order valence-electron chi connectivity index (χ1n) is 5.90. The van der Waals surface area contributed by atoms with Crippen molar-refractivity contribution in [3.05, 3.63) is 35.9 Å². The van der Waals surface area contributed by atoms with E-state index in [1.54, 1.807) is 0 Å². The summed E-state index contributed by atoms with van der Waals surface area (Å²) in [7, 11) is 0. The number of amides is 1. The molecule has 0 bridgehead atoms. The minimum atomic E-state index is 0. The Hall–Kier alpha value is -1.06. The highest BCUT2D eigenvalue weighted by Gasteiger charge is 2.14. The van der Waals surface area contributed by atoms with E-state index in [2.05, 4.69) is 10.6 Å². The first-order chi connectivity index (χ1) is 7.86. The molecule has 1 aliphatic rings. The minimum Gasteiger partial charge on any atom is -0.352 e. The molecular formula is C13H19ClN2O. The Bertz CT molecular complexity index is 337. The van der Waals surface area contributed by atoms with Gasteiger partial charge in [-0.3, -0.25) is 4.79 Å². The van der Waals surface area contributed by atoms with Crippen molar-refractivity contribution in [3.63, 3.8) is 0 Å². The number of carbonyl (C=O) groups is 1. The molecule has 1 atom stereocenters. The quantitative estimate of drug-likeness (QED) is 0.861. The average molecular weight is 255 g/mol. The van der Waals surface area contributed by atoms with Crippen molar-refractivity contribution in [1.82, 2.24) is 10.6 Å². The molecule has 17 heavy (non-hydrogen) atoms. The Morgan fingerprint density at radius 3 is 2.76 bits per heavy atom. The van der Waals surface area contributed by atoms with Crippen LogP contribution in [0, 0.1) is 5.92 Å². The molecule has 1 aliphatic heterocycles. The second kappa shape index (κ2) is 7.30. The van der Waals surface area contributed by atoms with Crippen molar-refractivity contribution in [1.29, 1.82) is 0 Å². The topological polar surface area (TPSA) is 41.1 Å². The highest BCUT2D eigenvalue weighted by atomic mass is 35.5. The second-order valence-corrected chi connectivity index (χ2v) is 4.27. The van der Waals surface area contributed by atoms with Crippen LogP contribution in [0.25, 0.3) is 0 Å². The minimum absolute atomic E-state index is 0. The zero-order valence-corrected chi connectivity index (χ0v) is 10.6. The summed E-state index contributed by atoms with van der Waals surface area (Å²) in [6.07, 6.45) is 2.31. The third-order valence-corrected chi connectivity index (χ3v) is 3.04. The van der Waals surface area contributed by atoms with Gasteiger partial charge in [0, 0.05) is 12.1 Å². The Labute approximate surface area is 108 Å². The third-order valence-electron chi connectivity index (χ3n) is 3.04. The molecule has 0 aliphatic carbocycles. The molecule has 1 aromatic rings. The van der Waals surface area contributed by atoms with E-state index in [4.69, 9.17) is 0 Å². The lowest BCUT2D eigenvalue weighted by atomic mass is 10.1. The van der Waals surface area contributed by atoms with Crippen LogP contribution >= 0.6 is 12.4 Å². The van der Waals surface area contributed by atoms with Gasteiger partial charge in [-0.15, -0.1) is 12.4 Å². The summed E-state index contributed by atoms with van der Waals surface area (Å²) >= 11 is 0. The maximum Gasteiger partial charge on any atom is 0.251 e. The molecule has 1 unspecified atom stereocenters. The number of hydrogen-bond donors (Lipinski definition) is 2. The molecular weight excluding hydrogens is 236 g/mol. The molecule has 2 rings (SSSR count). The van der Waals surface area contributed by atoms with E-state index < -0.39 is 0 Å². The van der Waals surface area contributed by atoms with Crippen LogP contribution in [0.5, 0.6) is 0 Å². The van der Waals surface area contributed by atoms with Gasteiger partial charge in [-0.1, -0.05) is 18.2 Å². The predicted molar refractivity (Wildman–Crippen MR) is 71.6 cm³/mol. The summed E-state index contributed by atoms with van der Waals surface area (Å²) in [6.45, 7) is 3.00. The van der Waals surface area contributed by atoms with E-state index in [9.17, 15) is 4.79 Å². The lowest BCUT2D eigenvalue weighted by Crippen LogP contribution is -2.26. The molecule has 0 saturated carbocycles. The van der Waals surface area contributed by atoms with Gasteiger partial charge in [0.25, 0.3) is 5.91 Å². The van der Waals surface area contributed by atoms with E-state index >= 15 is 0 Å². The van der Waals surface area contributed by atoms with Crippen LogP contribution in [0.1, 0.15) is 23.2 Å². The van der Waals surface area contributed by atoms with Crippen LogP contribution in [0.4, 0.5) is 0 Å². The van der Waals surface area contributed by atoms with Gasteiger partial charge in [-0.05, 0) is 44.0 Å². The molecule has 1 heterocycles. The predicted octanol–water partition coefficient (Wildman–Crippen LogP) is 1.84. The Morgan fingerprint density at radius 1 is 1.35 bits per heavy atom. The van der Waals surface area contributed by atoms with E-state index in [0.29, 0.717) is 0 Å². The Morgan fingerprint density at radius 2 is 2.12 bits per heavy atom. The van der Waals surface area contributed by atoms with Crippen molar-refractivity contribution in [2.24, 2.45) is 5.92 Å². The van der Waals surface area contributed by atoms with Crippen LogP contribution in [0.3, 0.4) is 0 Å². The Balaban J connectivity index is 0.00000144. The van der Waals surface area contributed by atoms with Crippen molar-refractivity contribution in [2.45, 2.75) is 12.8 Å². The van der Waals surface area contributed by atoms with E-state index in [-0.39, 0.29) is 18.3 Å². The number of hydrogen-bond acceptors (Lipinski definition) is 2. The molecule has 2 N–H and O–H groups in total. The summed E-state index contributed by atoms with van der Waals surface area (Å²) in [5, 5.41) is 6.29. The van der Waals surface area contributed by atoms with Gasteiger partial charge < -0.3 is 10.6 Å². The number of rotatable bonds is 4. The molecule has 0 aromatic heterocycles. The monoisotopic (exact) mass is 254 g/mol. The van der Waals surface area contributed by atoms with Crippen LogP contribution in [0.2, 0.25) is 0 Å². The smallest absolute Gasteiger partial charge is 0.251 e. The van der Waals surface area contributed by atoms with E-state index in [0.717, 1.165) is 37.5 Å². The van der Waals surface area contributed by atoms with Gasteiger partial charge in [0.15, 0.2) is 0 Å². The number of halogens is 1. The molecule has 1 saturated heterocycles. The summed E-state index contributed by atoms with van der Waals surface area (Å²) in [5.74, 6) is 0.766. The van der Waals surface area contributed by atoms with Crippen LogP contribution in [-0.4, -0.2) is 25.5 Å². The van der Waals surface area contributed by atoms with Crippen molar-refractivity contribution in [2.75, 3.05) is 19.6 Å². The molecule has 94 valence electrons. The summed E-state index contributed by atoms with van der Waals surface area (Å²) in [5.41, 5.74) is 0.743. The van der Waals surface area contributed by atoms with Gasteiger partial charge >= 0.3 is 0 Å². The maximum atomic E-state index is 11.7. The second-order valence-electron chi connectivity index (χ2n) is 4.27. The van der Waals surface area contributed by atoms with Gasteiger partial charge in [-0.25, -0.2) is 0 Å². The van der Waals surface area contributed by atoms with Crippen molar-refractivity contribution < 1.29 is 4.79 Å². The first-order valence-corrected chi connectivity index (χ1v) is 5.90. The maximum absolute atomic E-state index is 11.7. The van der Waals surface area contributed by atoms with Gasteiger partial charge in [-0.2, -0.15) is 0 Å². The summed E-state index contributed by atoms with van der Waals surface area (Å²) < 4.78 is 0. The zero-order chi connectivity index (χ0) is 11.2. The fraction of sp³-hybridized carbons (Fsp3) is 0.462. The number of benzene rings is 1. The third kappa shape index (κ3) is 4.36. The fourth-order valence-electron chi connectivity index (χ4n) is 2.04. The SMILES string of the molecule is Cl.O=C(NCCC1CCNC1)c1ccccc1. The van der Waals surface area contributed by atoms with Crippen molar-refractivity contribution >= 4 is 18.3 Å². The van der Waals surface area contributed by atoms with Crippen molar-refractivity contribution in [3.8, 4) is 0 Å². The standard InChI is InChI=1S/C13H18N2O.ClH/c16-13(12-4-2-1-3-5-12)15-9-7-11-6-8-14-10-11;/h1-5,11,14H,6-10H2,(H,15,16);1H. The molecule has 0 radical (unpaired) electrons. The lowest BCUT2D eigenvalue weighted by molar-refractivity contribution is 0.0951. The Kier molecular flexibility index (Phi) is 6.01. The molecule has 1 aromatic carbocycles. The van der Waals surface area contributed by atoms with Crippen LogP contribution < -0.4 is 10.6 Å². The summed E-state index contributed by atoms with van der Waals surface area (Å²) in [6, 6.07) is 9.37. The molecule has 3 nitrogen and oxygen atoms in total. The fourth-order valence-corrected chi connectivity index (χ4v) is 2.04. The van der Waals surface area contributed by atoms with Gasteiger partial charge in [0.2, 0.25) is 0 Å². The van der Waals surface area contributed by atoms with Crippen LogP contribution in [-0.2, 0) is 0 Å². The molecule has 1 amide bonds. The van der Waals surface area contributed by atoms with E-state index in [1.165, 1.54) is 6.42 Å². The highest BCUT2D eigenvalue weighted by molar-refractivity contribution is 5.94. The molecule has 4 heteroatoms. The zero-order valence-electron chi connectivity index (χ0n) is 9.82. The van der Waals surface area contributed by atoms with Crippen LogP contribution in [0.15, 0.2) is 30.3 Å². The molecule has 0 spiro atoms. The molecule has 1 fully saturated rings. The van der Waals surface area contributed by atoms with Gasteiger partial charge in [0.1, 0.15) is 0 Å².